The SMILES string of the molecule is COCCCNc1ccc(N)c(OC(C)C)n1. The van der Waals surface area contributed by atoms with Crippen LogP contribution in [0.15, 0.2) is 12.1 Å². The van der Waals surface area contributed by atoms with Crippen LogP contribution in [0.2, 0.25) is 0 Å². The first kappa shape index (κ1) is 13.6. The van der Waals surface area contributed by atoms with Crippen LogP contribution < -0.4 is 15.8 Å². The first-order chi connectivity index (χ1) is 8.13. The summed E-state index contributed by atoms with van der Waals surface area (Å²) in [5.74, 6) is 1.25. The molecule has 17 heavy (non-hydrogen) atoms. The van der Waals surface area contributed by atoms with Crippen LogP contribution in [0.3, 0.4) is 0 Å². The molecule has 0 aliphatic rings. The number of hydrogen-bond acceptors (Lipinski definition) is 5. The molecule has 1 heterocycles. The van der Waals surface area contributed by atoms with Gasteiger partial charge < -0.3 is 20.5 Å². The topological polar surface area (TPSA) is 69.4 Å². The van der Waals surface area contributed by atoms with Gasteiger partial charge >= 0.3 is 0 Å². The zero-order valence-corrected chi connectivity index (χ0v) is 10.7. The molecule has 0 radical (unpaired) electrons. The first-order valence-electron chi connectivity index (χ1n) is 5.79. The fourth-order valence-corrected chi connectivity index (χ4v) is 1.30. The van der Waals surface area contributed by atoms with Crippen molar-refractivity contribution in [2.75, 3.05) is 31.3 Å². The molecule has 0 saturated heterocycles. The number of nitrogens with zero attached hydrogens (tertiary/aromatic N) is 1. The Morgan fingerprint density at radius 2 is 2.18 bits per heavy atom. The van der Waals surface area contributed by atoms with Crippen molar-refractivity contribution in [2.24, 2.45) is 0 Å². The maximum atomic E-state index is 5.78. The lowest BCUT2D eigenvalue weighted by Crippen LogP contribution is -2.11. The van der Waals surface area contributed by atoms with E-state index in [9.17, 15) is 0 Å². The maximum absolute atomic E-state index is 5.78. The molecule has 0 aliphatic heterocycles. The van der Waals surface area contributed by atoms with E-state index in [1.54, 1.807) is 13.2 Å². The lowest BCUT2D eigenvalue weighted by Gasteiger charge is -2.12. The minimum absolute atomic E-state index is 0.0635. The Kier molecular flexibility index (Phi) is 5.56. The third-order valence-electron chi connectivity index (χ3n) is 2.07. The summed E-state index contributed by atoms with van der Waals surface area (Å²) in [5, 5.41) is 3.19. The van der Waals surface area contributed by atoms with Crippen molar-refractivity contribution in [1.29, 1.82) is 0 Å². The van der Waals surface area contributed by atoms with Gasteiger partial charge in [-0.05, 0) is 32.4 Å². The Hall–Kier alpha value is -1.49. The normalized spacial score (nSPS) is 10.6. The quantitative estimate of drug-likeness (QED) is 0.711. The molecule has 5 heteroatoms. The van der Waals surface area contributed by atoms with Crippen LogP contribution in [-0.4, -0.2) is 31.3 Å². The summed E-state index contributed by atoms with van der Waals surface area (Å²) in [6.45, 7) is 5.43. The van der Waals surface area contributed by atoms with Crippen LogP contribution in [-0.2, 0) is 4.74 Å². The first-order valence-corrected chi connectivity index (χ1v) is 5.79. The number of nitrogens with one attached hydrogen (secondary N) is 1. The zero-order valence-electron chi connectivity index (χ0n) is 10.7. The number of aromatic nitrogens is 1. The van der Waals surface area contributed by atoms with Crippen molar-refractivity contribution in [1.82, 2.24) is 4.98 Å². The summed E-state index contributed by atoms with van der Waals surface area (Å²) in [6.07, 6.45) is 0.997. The number of methoxy groups -OCH3 is 1. The predicted molar refractivity (Wildman–Crippen MR) is 69.4 cm³/mol. The second-order valence-corrected chi connectivity index (χ2v) is 4.03. The largest absolute Gasteiger partial charge is 0.473 e. The summed E-state index contributed by atoms with van der Waals surface area (Å²) in [7, 11) is 1.69. The van der Waals surface area contributed by atoms with E-state index in [2.05, 4.69) is 10.3 Å². The van der Waals surface area contributed by atoms with Gasteiger partial charge in [0.15, 0.2) is 0 Å². The molecular formula is C12H21N3O2. The van der Waals surface area contributed by atoms with Gasteiger partial charge in [-0.25, -0.2) is 0 Å². The monoisotopic (exact) mass is 239 g/mol. The van der Waals surface area contributed by atoms with Crippen LogP contribution in [0.5, 0.6) is 5.88 Å². The van der Waals surface area contributed by atoms with E-state index in [0.717, 1.165) is 25.4 Å². The number of hydrogen-bond donors (Lipinski definition) is 2. The van der Waals surface area contributed by atoms with Gasteiger partial charge in [-0.1, -0.05) is 0 Å². The number of anilines is 2. The second kappa shape index (κ2) is 6.96. The lowest BCUT2D eigenvalue weighted by atomic mass is 10.3. The van der Waals surface area contributed by atoms with Crippen molar-refractivity contribution < 1.29 is 9.47 Å². The van der Waals surface area contributed by atoms with Crippen molar-refractivity contribution in [2.45, 2.75) is 26.4 Å². The molecule has 3 N–H and O–H groups in total. The van der Waals surface area contributed by atoms with E-state index >= 15 is 0 Å². The highest BCUT2D eigenvalue weighted by molar-refractivity contribution is 5.53. The molecule has 1 rings (SSSR count). The number of ether oxygens (including phenoxy) is 2. The van der Waals surface area contributed by atoms with Crippen molar-refractivity contribution in [3.8, 4) is 5.88 Å². The standard InChI is InChI=1S/C12H21N3O2/c1-9(2)17-12-10(13)5-6-11(15-12)14-7-4-8-16-3/h5-6,9H,4,7-8,13H2,1-3H3,(H,14,15). The highest BCUT2D eigenvalue weighted by Gasteiger charge is 2.05. The average molecular weight is 239 g/mol. The maximum Gasteiger partial charge on any atom is 0.239 e. The van der Waals surface area contributed by atoms with Gasteiger partial charge in [0.1, 0.15) is 5.82 Å². The fourth-order valence-electron chi connectivity index (χ4n) is 1.30. The Balaban J connectivity index is 2.55. The highest BCUT2D eigenvalue weighted by Crippen LogP contribution is 2.21. The molecule has 0 aliphatic carbocycles. The zero-order chi connectivity index (χ0) is 12.7. The minimum atomic E-state index is 0.0635. The third kappa shape index (κ3) is 4.91. The van der Waals surface area contributed by atoms with Crippen molar-refractivity contribution in [3.63, 3.8) is 0 Å². The fraction of sp³-hybridized carbons (Fsp3) is 0.583. The van der Waals surface area contributed by atoms with Crippen LogP contribution in [0.1, 0.15) is 20.3 Å². The molecular weight excluding hydrogens is 218 g/mol. The Morgan fingerprint density at radius 3 is 2.82 bits per heavy atom. The Morgan fingerprint density at radius 1 is 1.41 bits per heavy atom. The smallest absolute Gasteiger partial charge is 0.239 e. The second-order valence-electron chi connectivity index (χ2n) is 4.03. The van der Waals surface area contributed by atoms with Gasteiger partial charge in [0.25, 0.3) is 0 Å². The van der Waals surface area contributed by atoms with E-state index in [4.69, 9.17) is 15.2 Å². The van der Waals surface area contributed by atoms with E-state index in [1.807, 2.05) is 19.9 Å². The molecule has 0 atom stereocenters. The number of pyridine rings is 1. The molecule has 0 bridgehead atoms. The molecule has 0 amide bonds. The number of nitrogens with two attached hydrogens (primary N) is 1. The van der Waals surface area contributed by atoms with Gasteiger partial charge in [-0.15, -0.1) is 0 Å². The van der Waals surface area contributed by atoms with E-state index < -0.39 is 0 Å². The summed E-state index contributed by atoms with van der Waals surface area (Å²) in [4.78, 5) is 4.31. The van der Waals surface area contributed by atoms with E-state index in [-0.39, 0.29) is 6.10 Å². The van der Waals surface area contributed by atoms with Gasteiger partial charge in [0.05, 0.1) is 11.8 Å². The van der Waals surface area contributed by atoms with Crippen molar-refractivity contribution in [3.05, 3.63) is 12.1 Å². The molecule has 1 aromatic rings. The Labute approximate surface area is 102 Å². The van der Waals surface area contributed by atoms with Crippen molar-refractivity contribution >= 4 is 11.5 Å². The van der Waals surface area contributed by atoms with E-state index in [1.165, 1.54) is 0 Å². The molecule has 0 aromatic carbocycles. The molecule has 0 spiro atoms. The predicted octanol–water partition coefficient (Wildman–Crippen LogP) is 1.90. The molecule has 1 aromatic heterocycles. The van der Waals surface area contributed by atoms with Crippen LogP contribution in [0.25, 0.3) is 0 Å². The summed E-state index contributed by atoms with van der Waals surface area (Å²) in [6, 6.07) is 3.64. The molecule has 0 fully saturated rings. The van der Waals surface area contributed by atoms with E-state index in [0.29, 0.717) is 11.6 Å². The van der Waals surface area contributed by atoms with Crippen LogP contribution in [0.4, 0.5) is 11.5 Å². The van der Waals surface area contributed by atoms with Crippen LogP contribution in [0, 0.1) is 0 Å². The molecule has 5 nitrogen and oxygen atoms in total. The van der Waals surface area contributed by atoms with Gasteiger partial charge in [-0.3, -0.25) is 0 Å². The number of nitrogen functional groups attached to an aromatic ring is 1. The van der Waals surface area contributed by atoms with Crippen LogP contribution >= 0.6 is 0 Å². The van der Waals surface area contributed by atoms with Gasteiger partial charge in [0, 0.05) is 20.3 Å². The molecule has 0 unspecified atom stereocenters. The molecule has 0 saturated carbocycles. The third-order valence-corrected chi connectivity index (χ3v) is 2.07. The highest BCUT2D eigenvalue weighted by atomic mass is 16.5. The van der Waals surface area contributed by atoms with Gasteiger partial charge in [0.2, 0.25) is 5.88 Å². The summed E-state index contributed by atoms with van der Waals surface area (Å²) >= 11 is 0. The average Bonchev–Trinajstić information content (AvgIpc) is 2.28. The number of rotatable bonds is 7. The summed E-state index contributed by atoms with van der Waals surface area (Å²) in [5.41, 5.74) is 6.34. The molecule has 96 valence electrons. The lowest BCUT2D eigenvalue weighted by molar-refractivity contribution is 0.197. The Bertz CT molecular complexity index is 343. The van der Waals surface area contributed by atoms with Gasteiger partial charge in [-0.2, -0.15) is 4.98 Å². The summed E-state index contributed by atoms with van der Waals surface area (Å²) < 4.78 is 10.5. The minimum Gasteiger partial charge on any atom is -0.473 e.